The van der Waals surface area contributed by atoms with Crippen LogP contribution in [0, 0.1) is 17.5 Å². The van der Waals surface area contributed by atoms with E-state index in [0.29, 0.717) is 105 Å². The SMILES string of the molecule is C=CC(=O)Nc1cccc(-c2nc(Cl)ncc2Nc2cccc(F)c2)c1.C=CC(=O)Nc1cccc(-c2nc(Nc3ccc(N4CCN(C)C(F)C4)cc3)ncc2Nc2cccc(F)c2)c1.C=CC(=O)Nc1cccc(B(O)O)c1.CN1CCN(c2ccc(N)cc2)CC1F.Fc1cccc(Nc2cnc(Cl)nc2Cl)c1. The fourth-order valence-electron chi connectivity index (χ4n) is 10.6. The van der Waals surface area contributed by atoms with E-state index in [1.54, 1.807) is 114 Å². The summed E-state index contributed by atoms with van der Waals surface area (Å²) in [6.07, 6.45) is 6.21. The molecular weight excluding hydrogens is 1490 g/mol. The molecule has 2 aliphatic heterocycles. The molecule has 2 aliphatic rings. The van der Waals surface area contributed by atoms with Crippen LogP contribution in [0.25, 0.3) is 22.5 Å². The highest BCUT2D eigenvalue weighted by Crippen LogP contribution is 2.35. The molecular formula is C79H75BCl3F5N18O5. The molecule has 13 rings (SSSR count). The number of nitrogens with two attached hydrogens (primary N) is 1. The molecule has 3 aromatic heterocycles. The Bertz CT molecular complexity index is 5030. The predicted molar refractivity (Wildman–Crippen MR) is 434 cm³/mol. The third-order valence-corrected chi connectivity index (χ3v) is 16.9. The van der Waals surface area contributed by atoms with Crippen LogP contribution in [0.15, 0.2) is 251 Å². The fourth-order valence-corrected chi connectivity index (χ4v) is 11.0. The Morgan fingerprint density at radius 3 is 1.29 bits per heavy atom. The summed E-state index contributed by atoms with van der Waals surface area (Å²) in [7, 11) is 2.07. The summed E-state index contributed by atoms with van der Waals surface area (Å²) < 4.78 is 67.8. The summed E-state index contributed by atoms with van der Waals surface area (Å²) in [5.74, 6) is -1.71. The number of alkyl halides is 2. The van der Waals surface area contributed by atoms with Gasteiger partial charge in [-0.05, 0) is 201 Å². The zero-order valence-corrected chi connectivity index (χ0v) is 62.0. The zero-order valence-electron chi connectivity index (χ0n) is 59.7. The fraction of sp³-hybridized carbons (Fsp3) is 0.127. The number of aromatic nitrogens is 6. The van der Waals surface area contributed by atoms with Crippen LogP contribution in [-0.2, 0) is 14.4 Å². The summed E-state index contributed by atoms with van der Waals surface area (Å²) in [5.41, 5.74) is 16.8. The first-order chi connectivity index (χ1) is 53.4. The van der Waals surface area contributed by atoms with E-state index in [1.165, 1.54) is 67.0 Å². The van der Waals surface area contributed by atoms with Gasteiger partial charge in [0.05, 0.1) is 60.1 Å². The maximum absolute atomic E-state index is 14.2. The number of rotatable bonds is 19. The van der Waals surface area contributed by atoms with Gasteiger partial charge in [0, 0.05) is 94.2 Å². The van der Waals surface area contributed by atoms with Crippen LogP contribution in [0.2, 0.25) is 15.7 Å². The van der Waals surface area contributed by atoms with Gasteiger partial charge in [-0.25, -0.2) is 51.9 Å². The molecule has 0 spiro atoms. The number of nitrogen functional groups attached to an aromatic ring is 1. The third kappa shape index (κ3) is 25.6. The van der Waals surface area contributed by atoms with E-state index in [4.69, 9.17) is 55.6 Å². The number of hydrogen-bond donors (Lipinski definition) is 10. The lowest BCUT2D eigenvalue weighted by molar-refractivity contribution is -0.112. The lowest BCUT2D eigenvalue weighted by Crippen LogP contribution is -2.49. The molecule has 0 bridgehead atoms. The van der Waals surface area contributed by atoms with Crippen molar-refractivity contribution in [1.82, 2.24) is 39.7 Å². The quantitative estimate of drug-likeness (QED) is 0.00684. The molecule has 8 aromatic carbocycles. The summed E-state index contributed by atoms with van der Waals surface area (Å²) >= 11 is 17.3. The Kier molecular flexibility index (Phi) is 30.4. The molecule has 2 atom stereocenters. The van der Waals surface area contributed by atoms with Crippen LogP contribution < -0.4 is 58.2 Å². The van der Waals surface area contributed by atoms with Gasteiger partial charge in [0.1, 0.15) is 17.5 Å². The Morgan fingerprint density at radius 2 is 0.856 bits per heavy atom. The summed E-state index contributed by atoms with van der Waals surface area (Å²) in [4.78, 5) is 66.8. The molecule has 0 aliphatic carbocycles. The Balaban J connectivity index is 0.000000171. The molecule has 2 fully saturated rings. The highest BCUT2D eigenvalue weighted by Gasteiger charge is 2.26. The summed E-state index contributed by atoms with van der Waals surface area (Å²) in [5, 5.41) is 38.4. The van der Waals surface area contributed by atoms with Gasteiger partial charge in [0.2, 0.25) is 34.2 Å². The first-order valence-corrected chi connectivity index (χ1v) is 35.0. The lowest BCUT2D eigenvalue weighted by Gasteiger charge is -2.36. The number of piperazine rings is 2. The first-order valence-electron chi connectivity index (χ1n) is 33.9. The van der Waals surface area contributed by atoms with Crippen molar-refractivity contribution in [3.8, 4) is 22.5 Å². The van der Waals surface area contributed by atoms with Gasteiger partial charge >= 0.3 is 7.12 Å². The number of hydrogen-bond acceptors (Lipinski definition) is 20. The number of amides is 3. The first kappa shape index (κ1) is 82.7. The van der Waals surface area contributed by atoms with Gasteiger partial charge in [0.15, 0.2) is 17.7 Å². The molecule has 11 N–H and O–H groups in total. The predicted octanol–water partition coefficient (Wildman–Crippen LogP) is 15.2. The molecule has 32 heteroatoms. The Labute approximate surface area is 652 Å². The van der Waals surface area contributed by atoms with Gasteiger partial charge < -0.3 is 62.8 Å². The van der Waals surface area contributed by atoms with E-state index in [9.17, 15) is 36.3 Å². The molecule has 2 saturated heterocycles. The van der Waals surface area contributed by atoms with Crippen molar-refractivity contribution in [2.75, 3.05) is 106 Å². The molecule has 11 aromatic rings. The lowest BCUT2D eigenvalue weighted by atomic mass is 9.80. The van der Waals surface area contributed by atoms with Crippen molar-refractivity contribution in [2.45, 2.75) is 12.6 Å². The van der Waals surface area contributed by atoms with E-state index in [-0.39, 0.29) is 50.9 Å². The van der Waals surface area contributed by atoms with Crippen LogP contribution in [0.4, 0.5) is 102 Å². The molecule has 5 heterocycles. The number of nitrogens with zero attached hydrogens (tertiary/aromatic N) is 10. The second-order valence-electron chi connectivity index (χ2n) is 24.3. The maximum Gasteiger partial charge on any atom is 0.488 e. The molecule has 23 nitrogen and oxygen atoms in total. The normalized spacial score (nSPS) is 13.7. The zero-order chi connectivity index (χ0) is 79.5. The van der Waals surface area contributed by atoms with E-state index < -0.39 is 19.7 Å². The van der Waals surface area contributed by atoms with E-state index in [1.807, 2.05) is 77.5 Å². The standard InChI is InChI=1S/C30H29F2N7O.C19H14ClFN4O.C11H16FN3.C10H6Cl2FN3.C9H10BNO3/c1-3-28(40)35-23-8-4-6-20(16-23)29-26(34-24-9-5-7-21(31)17-24)18-33-30(37-29)36-22-10-12-25(13-11-22)39-15-14-38(2)27(32)19-39;1-2-17(26)24-14-7-3-5-12(9-14)18-16(11-22-19(20)25-18)23-15-8-4-6-13(21)10-15;1-14-6-7-15(8-11(14)12)10-4-2-9(13)3-5-10;11-9-8(5-14-10(12)16-9)15-7-3-1-2-6(13)4-7;1-2-9(12)11-8-5-3-4-7(6-8)10(13)14/h3-13,16-18,27,34H,1,14-15,19H2,2H3,(H,35,40)(H,33,36,37);2-11,23H,1H2,(H,24,26);2-5,11H,6-8,13H2,1H3;1-5,15H;2-6,13-14H,1H2,(H,11,12). The maximum atomic E-state index is 14.2. The van der Waals surface area contributed by atoms with E-state index in [2.05, 4.69) is 81.9 Å². The van der Waals surface area contributed by atoms with Crippen molar-refractivity contribution in [3.63, 3.8) is 0 Å². The molecule has 111 heavy (non-hydrogen) atoms. The van der Waals surface area contributed by atoms with Gasteiger partial charge in [-0.15, -0.1) is 0 Å². The smallest absolute Gasteiger partial charge is 0.423 e. The highest BCUT2D eigenvalue weighted by atomic mass is 35.5. The molecule has 0 saturated carbocycles. The number of likely N-dealkylation sites (N-methyl/N-ethyl adjacent to an activating group) is 2. The van der Waals surface area contributed by atoms with Crippen LogP contribution in [0.5, 0.6) is 0 Å². The van der Waals surface area contributed by atoms with Gasteiger partial charge in [-0.2, -0.15) is 0 Å². The average Bonchev–Trinajstić information content (AvgIpc) is 0.820. The number of benzene rings is 8. The second kappa shape index (κ2) is 40.7. The number of anilines is 14. The second-order valence-corrected chi connectivity index (χ2v) is 25.4. The minimum Gasteiger partial charge on any atom is -0.423 e. The summed E-state index contributed by atoms with van der Waals surface area (Å²) in [6, 6.07) is 53.9. The number of nitrogens with one attached hydrogen (secondary N) is 7. The summed E-state index contributed by atoms with van der Waals surface area (Å²) in [6.45, 7) is 14.0. The van der Waals surface area contributed by atoms with Crippen molar-refractivity contribution < 1.29 is 46.4 Å². The van der Waals surface area contributed by atoms with Crippen molar-refractivity contribution in [3.05, 3.63) is 284 Å². The van der Waals surface area contributed by atoms with Gasteiger partial charge in [-0.3, -0.25) is 24.2 Å². The molecule has 0 radical (unpaired) electrons. The van der Waals surface area contributed by atoms with Gasteiger partial charge in [0.25, 0.3) is 0 Å². The minimum absolute atomic E-state index is 0.0646. The van der Waals surface area contributed by atoms with E-state index in [0.717, 1.165) is 48.5 Å². The number of halogens is 8. The topological polar surface area (TPSA) is 292 Å². The molecule has 570 valence electrons. The Hall–Kier alpha value is -12.3. The van der Waals surface area contributed by atoms with Crippen LogP contribution in [0.3, 0.4) is 0 Å². The highest BCUT2D eigenvalue weighted by molar-refractivity contribution is 6.58. The molecule has 3 amide bonds. The minimum atomic E-state index is -1.53. The van der Waals surface area contributed by atoms with Crippen LogP contribution in [-0.4, -0.2) is 141 Å². The Morgan fingerprint density at radius 1 is 0.468 bits per heavy atom. The average molecular weight is 1570 g/mol. The van der Waals surface area contributed by atoms with E-state index >= 15 is 0 Å². The van der Waals surface area contributed by atoms with Crippen LogP contribution in [0.1, 0.15) is 0 Å². The monoisotopic (exact) mass is 1570 g/mol. The van der Waals surface area contributed by atoms with Crippen LogP contribution >= 0.6 is 34.8 Å². The largest absolute Gasteiger partial charge is 0.488 e. The number of carbonyl (C=O) groups excluding carboxylic acids is 3. The third-order valence-electron chi connectivity index (χ3n) is 16.3. The van der Waals surface area contributed by atoms with Gasteiger partial charge in [-0.1, -0.05) is 85.9 Å². The van der Waals surface area contributed by atoms with Crippen molar-refractivity contribution in [1.29, 1.82) is 0 Å². The molecule has 2 unspecified atom stereocenters. The van der Waals surface area contributed by atoms with Crippen molar-refractivity contribution in [2.24, 2.45) is 0 Å². The number of carbonyl (C=O) groups is 3. The van der Waals surface area contributed by atoms with Crippen molar-refractivity contribution >= 4 is 145 Å².